The van der Waals surface area contributed by atoms with Crippen molar-refractivity contribution in [3.05, 3.63) is 69.2 Å². The van der Waals surface area contributed by atoms with E-state index in [-0.39, 0.29) is 24.0 Å². The van der Waals surface area contributed by atoms with Crippen molar-refractivity contribution in [2.75, 3.05) is 19.6 Å². The zero-order valence-electron chi connectivity index (χ0n) is 21.8. The minimum atomic E-state index is -4.97. The van der Waals surface area contributed by atoms with Gasteiger partial charge in [-0.2, -0.15) is 26.3 Å². The molecule has 1 aliphatic heterocycles. The standard InChI is InChI=1S/C28H27F6N3O4/c29-27(30,31)19-9-17(10-20(12-19)28(32,33)34)14-35-24(39)26(13-16-1-2-16)5-7-37(8-6-26)15-22(38)18-3-4-23-21(11-18)36-25(40)41-23/h3-4,9-12,16H,1-2,5-8,13-15H2,(H,35,39)(H,36,40). The van der Waals surface area contributed by atoms with Crippen molar-refractivity contribution in [3.63, 3.8) is 0 Å². The molecule has 0 bridgehead atoms. The van der Waals surface area contributed by atoms with Crippen LogP contribution in [0.5, 0.6) is 0 Å². The molecule has 5 rings (SSSR count). The molecule has 220 valence electrons. The van der Waals surface area contributed by atoms with Crippen molar-refractivity contribution < 1.29 is 40.3 Å². The quantitative estimate of drug-likeness (QED) is 0.268. The molecule has 2 aliphatic rings. The van der Waals surface area contributed by atoms with E-state index in [0.717, 1.165) is 12.8 Å². The molecule has 3 aromatic rings. The summed E-state index contributed by atoms with van der Waals surface area (Å²) in [6.07, 6.45) is -6.67. The molecular weight excluding hydrogens is 556 g/mol. The summed E-state index contributed by atoms with van der Waals surface area (Å²) in [5.74, 6) is -0.878. The number of halogens is 6. The van der Waals surface area contributed by atoms with Crippen LogP contribution >= 0.6 is 0 Å². The van der Waals surface area contributed by atoms with Crippen LogP contribution in [-0.2, 0) is 23.7 Å². The highest BCUT2D eigenvalue weighted by Gasteiger charge is 2.45. The smallest absolute Gasteiger partial charge is 0.408 e. The van der Waals surface area contributed by atoms with Gasteiger partial charge in [-0.1, -0.05) is 12.8 Å². The van der Waals surface area contributed by atoms with Gasteiger partial charge in [0.05, 0.1) is 28.6 Å². The highest BCUT2D eigenvalue weighted by Crippen LogP contribution is 2.46. The van der Waals surface area contributed by atoms with E-state index in [1.165, 1.54) is 12.1 Å². The number of alkyl halides is 6. The minimum Gasteiger partial charge on any atom is -0.408 e. The van der Waals surface area contributed by atoms with Crippen LogP contribution in [0.3, 0.4) is 0 Å². The Hall–Kier alpha value is -3.61. The monoisotopic (exact) mass is 583 g/mol. The summed E-state index contributed by atoms with van der Waals surface area (Å²) in [6, 6.07) is 5.93. The van der Waals surface area contributed by atoms with Gasteiger partial charge in [0.15, 0.2) is 11.4 Å². The number of carbonyl (C=O) groups is 2. The number of aromatic amines is 1. The van der Waals surface area contributed by atoms with E-state index < -0.39 is 47.1 Å². The normalized spacial score (nSPS) is 18.0. The fraction of sp³-hybridized carbons (Fsp3) is 0.464. The number of H-pyrrole nitrogens is 1. The third-order valence-electron chi connectivity index (χ3n) is 7.88. The van der Waals surface area contributed by atoms with Crippen LogP contribution in [0.25, 0.3) is 11.1 Å². The van der Waals surface area contributed by atoms with Crippen molar-refractivity contribution in [1.29, 1.82) is 0 Å². The van der Waals surface area contributed by atoms with Crippen LogP contribution in [0.4, 0.5) is 26.3 Å². The Labute approximate surface area is 229 Å². The number of ketones is 1. The Bertz CT molecular complexity index is 1480. The summed E-state index contributed by atoms with van der Waals surface area (Å²) in [5.41, 5.74) is -2.85. The second-order valence-corrected chi connectivity index (χ2v) is 10.9. The van der Waals surface area contributed by atoms with Crippen molar-refractivity contribution in [3.8, 4) is 0 Å². The largest absolute Gasteiger partial charge is 0.417 e. The molecule has 41 heavy (non-hydrogen) atoms. The van der Waals surface area contributed by atoms with Crippen LogP contribution in [0.15, 0.2) is 45.6 Å². The number of piperidine rings is 1. The molecule has 2 heterocycles. The number of nitrogens with one attached hydrogen (secondary N) is 2. The number of aromatic nitrogens is 1. The van der Waals surface area contributed by atoms with Crippen molar-refractivity contribution in [2.24, 2.45) is 11.3 Å². The van der Waals surface area contributed by atoms with Gasteiger partial charge in [-0.3, -0.25) is 19.5 Å². The molecule has 13 heteroatoms. The second kappa shape index (κ2) is 10.7. The number of oxazole rings is 1. The first-order valence-electron chi connectivity index (χ1n) is 13.2. The highest BCUT2D eigenvalue weighted by atomic mass is 19.4. The average molecular weight is 584 g/mol. The number of benzene rings is 2. The van der Waals surface area contributed by atoms with Gasteiger partial charge in [0.2, 0.25) is 5.91 Å². The first-order valence-corrected chi connectivity index (χ1v) is 13.2. The van der Waals surface area contributed by atoms with E-state index in [2.05, 4.69) is 10.3 Å². The first-order chi connectivity index (χ1) is 19.2. The number of fused-ring (bicyclic) bond motifs is 1. The van der Waals surface area contributed by atoms with Gasteiger partial charge in [-0.05, 0) is 80.2 Å². The van der Waals surface area contributed by atoms with Gasteiger partial charge in [0.25, 0.3) is 0 Å². The summed E-state index contributed by atoms with van der Waals surface area (Å²) in [5, 5.41) is 2.60. The molecular formula is C28H27F6N3O4. The SMILES string of the molecule is O=C(CN1CCC(CC2CC2)(C(=O)NCc2cc(C(F)(F)F)cc(C(F)(F)F)c2)CC1)c1ccc2oc(=O)[nH]c2c1. The van der Waals surface area contributed by atoms with Crippen molar-refractivity contribution in [2.45, 2.75) is 51.0 Å². The zero-order chi connectivity index (χ0) is 29.6. The topological polar surface area (TPSA) is 95.4 Å². The Morgan fingerprint density at radius 2 is 1.61 bits per heavy atom. The number of rotatable bonds is 8. The molecule has 2 aromatic carbocycles. The summed E-state index contributed by atoms with van der Waals surface area (Å²) in [4.78, 5) is 42.1. The van der Waals surface area contributed by atoms with Gasteiger partial charge < -0.3 is 9.73 Å². The maximum Gasteiger partial charge on any atom is 0.417 e. The van der Waals surface area contributed by atoms with Gasteiger partial charge in [-0.15, -0.1) is 0 Å². The number of amides is 1. The lowest BCUT2D eigenvalue weighted by atomic mass is 9.73. The van der Waals surface area contributed by atoms with E-state index in [1.807, 2.05) is 4.90 Å². The Kier molecular flexibility index (Phi) is 7.51. The Balaban J connectivity index is 1.25. The fourth-order valence-electron chi connectivity index (χ4n) is 5.45. The second-order valence-electron chi connectivity index (χ2n) is 10.9. The average Bonchev–Trinajstić information content (AvgIpc) is 3.63. The van der Waals surface area contributed by atoms with Gasteiger partial charge in [-0.25, -0.2) is 4.79 Å². The molecule has 7 nitrogen and oxygen atoms in total. The number of hydrogen-bond acceptors (Lipinski definition) is 5. The maximum absolute atomic E-state index is 13.4. The van der Waals surface area contributed by atoms with Crippen LogP contribution < -0.4 is 11.1 Å². The number of Topliss-reactive ketones (excluding diaryl/α,β-unsaturated/α-hetero) is 1. The number of nitrogens with zero attached hydrogens (tertiary/aromatic N) is 1. The minimum absolute atomic E-state index is 0.0590. The summed E-state index contributed by atoms with van der Waals surface area (Å²) >= 11 is 0. The van der Waals surface area contributed by atoms with E-state index >= 15 is 0 Å². The lowest BCUT2D eigenvalue weighted by Crippen LogP contribution is -2.49. The lowest BCUT2D eigenvalue weighted by molar-refractivity contribution is -0.143. The van der Waals surface area contributed by atoms with Crippen LogP contribution in [-0.4, -0.2) is 41.2 Å². The fourth-order valence-corrected chi connectivity index (χ4v) is 5.45. The van der Waals surface area contributed by atoms with Gasteiger partial charge in [0.1, 0.15) is 0 Å². The van der Waals surface area contributed by atoms with E-state index in [9.17, 15) is 40.7 Å². The molecule has 1 saturated heterocycles. The molecule has 0 radical (unpaired) electrons. The molecule has 1 aliphatic carbocycles. The summed E-state index contributed by atoms with van der Waals surface area (Å²) < 4.78 is 84.4. The van der Waals surface area contributed by atoms with E-state index in [1.54, 1.807) is 6.07 Å². The van der Waals surface area contributed by atoms with E-state index in [0.29, 0.717) is 67.1 Å². The summed E-state index contributed by atoms with van der Waals surface area (Å²) in [6.45, 7) is 0.440. The molecule has 1 saturated carbocycles. The van der Waals surface area contributed by atoms with Crippen LogP contribution in [0.2, 0.25) is 0 Å². The third-order valence-corrected chi connectivity index (χ3v) is 7.88. The first kappa shape index (κ1) is 28.9. The molecule has 2 N–H and O–H groups in total. The molecule has 1 aromatic heterocycles. The van der Waals surface area contributed by atoms with Crippen LogP contribution in [0.1, 0.15) is 59.2 Å². The van der Waals surface area contributed by atoms with E-state index in [4.69, 9.17) is 4.42 Å². The summed E-state index contributed by atoms with van der Waals surface area (Å²) in [7, 11) is 0. The number of hydrogen-bond donors (Lipinski definition) is 2. The maximum atomic E-state index is 13.4. The Morgan fingerprint density at radius 3 is 2.20 bits per heavy atom. The van der Waals surface area contributed by atoms with Gasteiger partial charge >= 0.3 is 18.1 Å². The molecule has 2 fully saturated rings. The van der Waals surface area contributed by atoms with Crippen molar-refractivity contribution in [1.82, 2.24) is 15.2 Å². The molecule has 0 unspecified atom stereocenters. The molecule has 1 amide bonds. The lowest BCUT2D eigenvalue weighted by Gasteiger charge is -2.40. The third kappa shape index (κ3) is 6.66. The number of likely N-dealkylation sites (tertiary alicyclic amines) is 1. The highest BCUT2D eigenvalue weighted by molar-refractivity contribution is 6.00. The predicted molar refractivity (Wildman–Crippen MR) is 135 cm³/mol. The molecule has 0 atom stereocenters. The van der Waals surface area contributed by atoms with Gasteiger partial charge in [0, 0.05) is 12.1 Å². The van der Waals surface area contributed by atoms with Crippen LogP contribution in [0, 0.1) is 11.3 Å². The molecule has 0 spiro atoms. The predicted octanol–water partition coefficient (Wildman–Crippen LogP) is 5.54. The Morgan fingerprint density at radius 1 is 0.976 bits per heavy atom. The number of carbonyl (C=O) groups excluding carboxylic acids is 2. The zero-order valence-corrected chi connectivity index (χ0v) is 21.8. The van der Waals surface area contributed by atoms with Crippen molar-refractivity contribution >= 4 is 22.8 Å².